The summed E-state index contributed by atoms with van der Waals surface area (Å²) < 4.78 is 0. The van der Waals surface area contributed by atoms with Crippen molar-refractivity contribution in [2.75, 3.05) is 0 Å². The van der Waals surface area contributed by atoms with Gasteiger partial charge in [0.2, 0.25) is 0 Å². The van der Waals surface area contributed by atoms with Gasteiger partial charge in [-0.15, -0.1) is 0 Å². The molecule has 0 radical (unpaired) electrons. The average molecular weight is 447 g/mol. The van der Waals surface area contributed by atoms with Gasteiger partial charge in [-0.25, -0.2) is 9.98 Å². The lowest BCUT2D eigenvalue weighted by atomic mass is 9.86. The van der Waals surface area contributed by atoms with Crippen molar-refractivity contribution in [1.29, 1.82) is 0 Å². The van der Waals surface area contributed by atoms with Gasteiger partial charge in [0, 0.05) is 34.6 Å². The summed E-state index contributed by atoms with van der Waals surface area (Å²) in [5.41, 5.74) is 2.85. The first kappa shape index (κ1) is 19.8. The number of hydrogen-bond acceptors (Lipinski definition) is 6. The molecular formula is C26H17N5O3. The van der Waals surface area contributed by atoms with E-state index in [-0.39, 0.29) is 11.5 Å². The van der Waals surface area contributed by atoms with Crippen molar-refractivity contribution in [2.45, 2.75) is 5.54 Å². The summed E-state index contributed by atoms with van der Waals surface area (Å²) in [5.74, 6) is -0.189. The van der Waals surface area contributed by atoms with Gasteiger partial charge >= 0.3 is 0 Å². The molecule has 0 saturated heterocycles. The largest absolute Gasteiger partial charge is 0.365 e. The minimum atomic E-state index is -1.25. The van der Waals surface area contributed by atoms with Gasteiger partial charge in [-0.3, -0.25) is 14.9 Å². The van der Waals surface area contributed by atoms with Gasteiger partial charge in [-0.2, -0.15) is 0 Å². The maximum absolute atomic E-state index is 13.4. The molecule has 8 bridgehead atoms. The van der Waals surface area contributed by atoms with Crippen LogP contribution < -0.4 is 16.0 Å². The molecule has 2 N–H and O–H groups in total. The lowest BCUT2D eigenvalue weighted by Gasteiger charge is -2.27. The Labute approximate surface area is 193 Å². The van der Waals surface area contributed by atoms with Crippen LogP contribution >= 0.6 is 0 Å². The number of rotatable bonds is 2. The molecule has 34 heavy (non-hydrogen) atoms. The van der Waals surface area contributed by atoms with E-state index in [2.05, 4.69) is 20.3 Å². The van der Waals surface area contributed by atoms with Crippen LogP contribution in [-0.4, -0.2) is 27.1 Å². The Morgan fingerprint density at radius 3 is 2.24 bits per heavy atom. The summed E-state index contributed by atoms with van der Waals surface area (Å²) in [6.45, 7) is 0. The van der Waals surface area contributed by atoms with Crippen molar-refractivity contribution in [1.82, 2.24) is 10.3 Å². The maximum atomic E-state index is 13.4. The fraction of sp³-hybridized carbons (Fsp3) is 0.0385. The van der Waals surface area contributed by atoms with E-state index in [1.165, 1.54) is 12.1 Å². The first-order valence-electron chi connectivity index (χ1n) is 10.6. The van der Waals surface area contributed by atoms with Crippen LogP contribution in [0, 0.1) is 10.1 Å². The average Bonchev–Trinajstić information content (AvgIpc) is 3.59. The SMILES string of the molecule is O=C1C=C2C=c3ccc([nH]3)=CC3=NC(=CC4=NC(=CC1(c1ccc([N+](=O)[O-])cc1)N2)C=C4)C=C3. The van der Waals surface area contributed by atoms with E-state index in [0.717, 1.165) is 22.1 Å². The molecule has 0 spiro atoms. The van der Waals surface area contributed by atoms with Crippen molar-refractivity contribution in [3.05, 3.63) is 122 Å². The number of non-ortho nitro benzene ring substituents is 1. The molecule has 1 atom stereocenters. The number of carbonyl (C=O) groups is 1. The number of hydrogen-bond donors (Lipinski definition) is 2. The van der Waals surface area contributed by atoms with Gasteiger partial charge in [0.1, 0.15) is 5.54 Å². The lowest BCUT2D eigenvalue weighted by Crippen LogP contribution is -2.41. The number of nitrogens with one attached hydrogen (secondary N) is 2. The molecule has 1 unspecified atom stereocenters. The second kappa shape index (κ2) is 7.35. The van der Waals surface area contributed by atoms with Crippen LogP contribution in [0.15, 0.2) is 106 Å². The number of aromatic amines is 1. The second-order valence-corrected chi connectivity index (χ2v) is 8.24. The van der Waals surface area contributed by atoms with Crippen LogP contribution in [-0.2, 0) is 10.3 Å². The molecule has 1 aromatic heterocycles. The van der Waals surface area contributed by atoms with Crippen LogP contribution in [0.4, 0.5) is 5.69 Å². The summed E-state index contributed by atoms with van der Waals surface area (Å²) in [5, 5.41) is 16.2. The molecule has 164 valence electrons. The summed E-state index contributed by atoms with van der Waals surface area (Å²) >= 11 is 0. The Hall–Kier alpha value is -4.85. The molecule has 8 nitrogen and oxygen atoms in total. The minimum absolute atomic E-state index is 0.0430. The van der Waals surface area contributed by atoms with Crippen LogP contribution in [0.3, 0.4) is 0 Å². The zero-order chi connectivity index (χ0) is 23.3. The highest BCUT2D eigenvalue weighted by Crippen LogP contribution is 2.34. The Kier molecular flexibility index (Phi) is 4.28. The van der Waals surface area contributed by atoms with Gasteiger partial charge in [0.05, 0.1) is 27.7 Å². The highest BCUT2D eigenvalue weighted by molar-refractivity contribution is 6.19. The first-order valence-corrected chi connectivity index (χ1v) is 10.6. The molecule has 2 aromatic rings. The Morgan fingerprint density at radius 1 is 0.794 bits per heavy atom. The van der Waals surface area contributed by atoms with Crippen LogP contribution in [0.2, 0.25) is 0 Å². The zero-order valence-electron chi connectivity index (χ0n) is 17.7. The maximum Gasteiger partial charge on any atom is 0.269 e. The number of H-pyrrole nitrogens is 1. The summed E-state index contributed by atoms with van der Waals surface area (Å²) in [6, 6.07) is 9.87. The number of aliphatic imine (C=N–C) groups is 2. The normalized spacial score (nSPS) is 22.1. The highest BCUT2D eigenvalue weighted by Gasteiger charge is 2.42. The molecule has 0 amide bonds. The van der Waals surface area contributed by atoms with Crippen LogP contribution in [0.5, 0.6) is 0 Å². The monoisotopic (exact) mass is 447 g/mol. The topological polar surface area (TPSA) is 113 Å². The second-order valence-electron chi connectivity index (χ2n) is 8.24. The lowest BCUT2D eigenvalue weighted by molar-refractivity contribution is -0.384. The summed E-state index contributed by atoms with van der Waals surface area (Å²) in [7, 11) is 0. The fourth-order valence-corrected chi connectivity index (χ4v) is 4.32. The molecule has 1 aromatic carbocycles. The fourth-order valence-electron chi connectivity index (χ4n) is 4.32. The summed E-state index contributed by atoms with van der Waals surface area (Å²) in [4.78, 5) is 36.7. The van der Waals surface area contributed by atoms with E-state index in [4.69, 9.17) is 0 Å². The van der Waals surface area contributed by atoms with E-state index in [1.807, 2.05) is 54.7 Å². The number of nitrogens with zero attached hydrogens (tertiary/aromatic N) is 3. The predicted octanol–water partition coefficient (Wildman–Crippen LogP) is 2.24. The molecule has 0 fully saturated rings. The number of ketones is 1. The van der Waals surface area contributed by atoms with Gasteiger partial charge in [-0.1, -0.05) is 0 Å². The number of carbonyl (C=O) groups excluding carboxylic acids is 1. The third-order valence-corrected chi connectivity index (χ3v) is 5.92. The molecule has 6 rings (SSSR count). The van der Waals surface area contributed by atoms with Crippen molar-refractivity contribution >= 4 is 35.0 Å². The van der Waals surface area contributed by atoms with Crippen LogP contribution in [0.1, 0.15) is 5.56 Å². The van der Waals surface area contributed by atoms with Crippen molar-refractivity contribution in [3.8, 4) is 0 Å². The number of aromatic nitrogens is 1. The van der Waals surface area contributed by atoms with Crippen molar-refractivity contribution in [2.24, 2.45) is 9.98 Å². The predicted molar refractivity (Wildman–Crippen MR) is 129 cm³/mol. The minimum Gasteiger partial charge on any atom is -0.365 e. The van der Waals surface area contributed by atoms with Gasteiger partial charge in [0.15, 0.2) is 5.78 Å². The van der Waals surface area contributed by atoms with E-state index in [1.54, 1.807) is 24.3 Å². The third kappa shape index (κ3) is 3.38. The first-order chi connectivity index (χ1) is 16.5. The molecule has 4 aliphatic heterocycles. The van der Waals surface area contributed by atoms with Gasteiger partial charge < -0.3 is 10.3 Å². The molecular weight excluding hydrogens is 430 g/mol. The number of nitro benzene ring substituents is 1. The zero-order valence-corrected chi connectivity index (χ0v) is 17.7. The number of allylic oxidation sites excluding steroid dienone is 6. The van der Waals surface area contributed by atoms with Gasteiger partial charge in [-0.05, 0) is 78.4 Å². The van der Waals surface area contributed by atoms with E-state index >= 15 is 0 Å². The third-order valence-electron chi connectivity index (χ3n) is 5.92. The molecule has 4 aliphatic rings. The molecule has 0 aliphatic carbocycles. The van der Waals surface area contributed by atoms with Crippen molar-refractivity contribution < 1.29 is 9.72 Å². The molecule has 0 saturated carbocycles. The number of nitro groups is 1. The Morgan fingerprint density at radius 2 is 1.47 bits per heavy atom. The Balaban J connectivity index is 1.54. The smallest absolute Gasteiger partial charge is 0.269 e. The van der Waals surface area contributed by atoms with E-state index in [9.17, 15) is 14.9 Å². The number of fused-ring (bicyclic) bond motifs is 6. The molecule has 5 heterocycles. The van der Waals surface area contributed by atoms with E-state index in [0.29, 0.717) is 22.7 Å². The van der Waals surface area contributed by atoms with E-state index < -0.39 is 10.5 Å². The molecule has 8 heteroatoms. The highest BCUT2D eigenvalue weighted by atomic mass is 16.6. The standard InChI is InChI=1S/C26H17N5O3/c32-25-14-23-13-21-6-5-18(28-21)11-17-3-4-19(27-17)12-20-7-8-22(29-20)15-26(25,30-23)16-1-9-24(10-2-16)31(33)34/h1-15,28,30H. The van der Waals surface area contributed by atoms with Gasteiger partial charge in [0.25, 0.3) is 5.69 Å². The van der Waals surface area contributed by atoms with Crippen LogP contribution in [0.25, 0.3) is 12.2 Å². The number of benzene rings is 1. The van der Waals surface area contributed by atoms with Crippen molar-refractivity contribution in [3.63, 3.8) is 0 Å². The Bertz CT molecular complexity index is 1610. The quantitative estimate of drug-likeness (QED) is 0.543. The summed E-state index contributed by atoms with van der Waals surface area (Å²) in [6.07, 6.45) is 16.5.